The molecule has 3 fully saturated rings. The Morgan fingerprint density at radius 3 is 2.73 bits per heavy atom. The van der Waals surface area contributed by atoms with Gasteiger partial charge in [-0.2, -0.15) is 0 Å². The fraction of sp³-hybridized carbons (Fsp3) is 0.600. The van der Waals surface area contributed by atoms with Crippen molar-refractivity contribution in [2.75, 3.05) is 18.0 Å². The van der Waals surface area contributed by atoms with Gasteiger partial charge in [0.15, 0.2) is 0 Å². The molecule has 2 atom stereocenters. The van der Waals surface area contributed by atoms with Crippen molar-refractivity contribution >= 4 is 17.4 Å². The van der Waals surface area contributed by atoms with Gasteiger partial charge in [0, 0.05) is 25.2 Å². The van der Waals surface area contributed by atoms with Gasteiger partial charge >= 0.3 is 0 Å². The summed E-state index contributed by atoms with van der Waals surface area (Å²) in [6.07, 6.45) is 3.07. The second-order valence-electron chi connectivity index (χ2n) is 4.31. The van der Waals surface area contributed by atoms with Gasteiger partial charge < -0.3 is 10.2 Å². The van der Waals surface area contributed by atoms with Crippen LogP contribution >= 0.6 is 11.6 Å². The van der Waals surface area contributed by atoms with Crippen LogP contribution in [0, 0.1) is 6.92 Å². The van der Waals surface area contributed by atoms with Crippen molar-refractivity contribution < 1.29 is 0 Å². The van der Waals surface area contributed by atoms with Gasteiger partial charge in [0.05, 0.1) is 11.9 Å². The van der Waals surface area contributed by atoms with Crippen LogP contribution in [0.5, 0.6) is 0 Å². The zero-order chi connectivity index (χ0) is 10.4. The number of fused-ring (bicyclic) bond motifs is 2. The predicted molar refractivity (Wildman–Crippen MR) is 59.3 cm³/mol. The zero-order valence-corrected chi connectivity index (χ0v) is 9.33. The Labute approximate surface area is 93.7 Å². The first kappa shape index (κ1) is 9.36. The monoisotopic (exact) mass is 224 g/mol. The molecule has 0 amide bonds. The number of halogens is 1. The summed E-state index contributed by atoms with van der Waals surface area (Å²) >= 11 is 5.85. The van der Waals surface area contributed by atoms with E-state index >= 15 is 0 Å². The van der Waals surface area contributed by atoms with Gasteiger partial charge in [0.1, 0.15) is 11.0 Å². The summed E-state index contributed by atoms with van der Waals surface area (Å²) in [6, 6.07) is 1.28. The maximum atomic E-state index is 5.85. The molecule has 4 heterocycles. The molecule has 0 aromatic carbocycles. The first-order valence-corrected chi connectivity index (χ1v) is 5.60. The van der Waals surface area contributed by atoms with Gasteiger partial charge in [-0.25, -0.2) is 9.97 Å². The molecule has 0 saturated carbocycles. The third-order valence-corrected chi connectivity index (χ3v) is 3.49. The average Bonchev–Trinajstić information content (AvgIpc) is 2.21. The number of piperazine rings is 1. The topological polar surface area (TPSA) is 41.1 Å². The number of nitrogens with zero attached hydrogens (tertiary/aromatic N) is 3. The molecule has 3 aliphatic heterocycles. The molecule has 80 valence electrons. The Kier molecular flexibility index (Phi) is 2.07. The van der Waals surface area contributed by atoms with Gasteiger partial charge in [-0.1, -0.05) is 11.6 Å². The largest absolute Gasteiger partial charge is 0.352 e. The minimum Gasteiger partial charge on any atom is -0.352 e. The van der Waals surface area contributed by atoms with Crippen molar-refractivity contribution in [2.24, 2.45) is 0 Å². The predicted octanol–water partition coefficient (Wildman–Crippen LogP) is 0.989. The number of anilines is 1. The Balaban J connectivity index is 1.83. The molecule has 3 saturated heterocycles. The molecule has 5 heteroatoms. The Morgan fingerprint density at radius 2 is 2.13 bits per heavy atom. The standard InChI is InChI=1S/C10H13ClN4/c1-6-10(11)12-3-9(13-6)15-4-7-2-8(5-15)14-7/h3,7-8,14H,2,4-5H2,1H3. The van der Waals surface area contributed by atoms with E-state index in [1.807, 2.05) is 6.92 Å². The van der Waals surface area contributed by atoms with Crippen molar-refractivity contribution in [3.8, 4) is 0 Å². The molecule has 0 radical (unpaired) electrons. The molecule has 1 aromatic heterocycles. The summed E-state index contributed by atoms with van der Waals surface area (Å²) in [5.41, 5.74) is 0.807. The highest BCUT2D eigenvalue weighted by atomic mass is 35.5. The lowest BCUT2D eigenvalue weighted by Crippen LogP contribution is -2.67. The molecule has 1 aromatic rings. The maximum absolute atomic E-state index is 5.85. The quantitative estimate of drug-likeness (QED) is 0.773. The molecule has 4 nitrogen and oxygen atoms in total. The van der Waals surface area contributed by atoms with Crippen LogP contribution < -0.4 is 10.2 Å². The highest BCUT2D eigenvalue weighted by molar-refractivity contribution is 6.29. The summed E-state index contributed by atoms with van der Waals surface area (Å²) in [5, 5.41) is 3.99. The van der Waals surface area contributed by atoms with E-state index in [4.69, 9.17) is 11.6 Å². The number of rotatable bonds is 1. The van der Waals surface area contributed by atoms with Gasteiger partial charge in [-0.3, -0.25) is 0 Å². The first-order chi connectivity index (χ1) is 7.22. The summed E-state index contributed by atoms with van der Waals surface area (Å²) in [5.74, 6) is 0.952. The van der Waals surface area contributed by atoms with Crippen LogP contribution in [-0.4, -0.2) is 35.1 Å². The number of nitrogens with one attached hydrogen (secondary N) is 1. The normalized spacial score (nSPS) is 28.8. The molecule has 2 bridgehead atoms. The van der Waals surface area contributed by atoms with E-state index < -0.39 is 0 Å². The van der Waals surface area contributed by atoms with Gasteiger partial charge in [-0.15, -0.1) is 0 Å². The van der Waals surface area contributed by atoms with Crippen molar-refractivity contribution in [3.05, 3.63) is 17.0 Å². The third-order valence-electron chi connectivity index (χ3n) is 3.12. The Morgan fingerprint density at radius 1 is 1.47 bits per heavy atom. The highest BCUT2D eigenvalue weighted by Gasteiger charge is 2.36. The SMILES string of the molecule is Cc1nc(N2CC3CC(C2)N3)cnc1Cl. The molecular weight excluding hydrogens is 212 g/mol. The second-order valence-corrected chi connectivity index (χ2v) is 4.66. The second kappa shape index (κ2) is 3.32. The van der Waals surface area contributed by atoms with Crippen LogP contribution in [0.15, 0.2) is 6.20 Å². The van der Waals surface area contributed by atoms with E-state index in [0.717, 1.165) is 24.6 Å². The van der Waals surface area contributed by atoms with Crippen molar-refractivity contribution in [3.63, 3.8) is 0 Å². The molecule has 0 spiro atoms. The number of aryl methyl sites for hydroxylation is 1. The van der Waals surface area contributed by atoms with Crippen molar-refractivity contribution in [1.29, 1.82) is 0 Å². The van der Waals surface area contributed by atoms with Crippen LogP contribution in [-0.2, 0) is 0 Å². The van der Waals surface area contributed by atoms with Crippen molar-refractivity contribution in [2.45, 2.75) is 25.4 Å². The van der Waals surface area contributed by atoms with E-state index in [0.29, 0.717) is 17.2 Å². The van der Waals surface area contributed by atoms with Crippen LogP contribution in [0.1, 0.15) is 12.1 Å². The summed E-state index contributed by atoms with van der Waals surface area (Å²) in [7, 11) is 0. The Hall–Kier alpha value is -0.870. The minimum absolute atomic E-state index is 0.499. The van der Waals surface area contributed by atoms with Crippen LogP contribution in [0.4, 0.5) is 5.82 Å². The van der Waals surface area contributed by atoms with Crippen molar-refractivity contribution in [1.82, 2.24) is 15.3 Å². The van der Waals surface area contributed by atoms with E-state index in [-0.39, 0.29) is 0 Å². The number of hydrogen-bond donors (Lipinski definition) is 1. The number of aromatic nitrogens is 2. The van der Waals surface area contributed by atoms with Gasteiger partial charge in [-0.05, 0) is 13.3 Å². The molecular formula is C10H13ClN4. The molecule has 1 N–H and O–H groups in total. The van der Waals surface area contributed by atoms with Gasteiger partial charge in [0.2, 0.25) is 0 Å². The highest BCUT2D eigenvalue weighted by Crippen LogP contribution is 2.25. The fourth-order valence-corrected chi connectivity index (χ4v) is 2.40. The number of piperidine rings is 1. The molecule has 15 heavy (non-hydrogen) atoms. The molecule has 4 rings (SSSR count). The summed E-state index contributed by atoms with van der Waals surface area (Å²) < 4.78 is 0. The van der Waals surface area contributed by atoms with E-state index in [2.05, 4.69) is 20.2 Å². The Bertz CT molecular complexity index is 379. The number of hydrogen-bond acceptors (Lipinski definition) is 4. The van der Waals surface area contributed by atoms with E-state index in [1.165, 1.54) is 6.42 Å². The third kappa shape index (κ3) is 1.58. The molecule has 2 unspecified atom stereocenters. The lowest BCUT2D eigenvalue weighted by atomic mass is 9.91. The summed E-state index contributed by atoms with van der Waals surface area (Å²) in [4.78, 5) is 10.9. The van der Waals surface area contributed by atoms with Crippen LogP contribution in [0.3, 0.4) is 0 Å². The lowest BCUT2D eigenvalue weighted by Gasteiger charge is -2.48. The van der Waals surface area contributed by atoms with Gasteiger partial charge in [0.25, 0.3) is 0 Å². The van der Waals surface area contributed by atoms with E-state index in [1.54, 1.807) is 6.20 Å². The summed E-state index contributed by atoms with van der Waals surface area (Å²) in [6.45, 7) is 3.96. The average molecular weight is 225 g/mol. The minimum atomic E-state index is 0.499. The zero-order valence-electron chi connectivity index (χ0n) is 8.57. The molecule has 3 aliphatic rings. The molecule has 0 aliphatic carbocycles. The maximum Gasteiger partial charge on any atom is 0.150 e. The van der Waals surface area contributed by atoms with Crippen LogP contribution in [0.25, 0.3) is 0 Å². The fourth-order valence-electron chi connectivity index (χ4n) is 2.31. The smallest absolute Gasteiger partial charge is 0.150 e. The first-order valence-electron chi connectivity index (χ1n) is 5.22. The van der Waals surface area contributed by atoms with Crippen LogP contribution in [0.2, 0.25) is 5.15 Å². The van der Waals surface area contributed by atoms with E-state index in [9.17, 15) is 0 Å². The lowest BCUT2D eigenvalue weighted by molar-refractivity contribution is 0.225.